The predicted molar refractivity (Wildman–Crippen MR) is 167 cm³/mol. The number of ether oxygens (including phenoxy) is 1. The Kier molecular flexibility index (Phi) is 12.2. The monoisotopic (exact) mass is 546 g/mol. The van der Waals surface area contributed by atoms with Gasteiger partial charge in [0.2, 0.25) is 0 Å². The molecule has 0 saturated heterocycles. The van der Waals surface area contributed by atoms with Gasteiger partial charge in [0, 0.05) is 12.5 Å². The van der Waals surface area contributed by atoms with Gasteiger partial charge in [-0.1, -0.05) is 95.3 Å². The van der Waals surface area contributed by atoms with Crippen molar-refractivity contribution in [2.24, 2.45) is 5.41 Å². The summed E-state index contributed by atoms with van der Waals surface area (Å²) in [5.41, 5.74) is 9.63. The zero-order valence-electron chi connectivity index (χ0n) is 26.1. The number of rotatable bonds is 10. The van der Waals surface area contributed by atoms with E-state index in [1.807, 2.05) is 12.1 Å². The zero-order valence-corrected chi connectivity index (χ0v) is 26.1. The first-order valence-corrected chi connectivity index (χ1v) is 14.4. The van der Waals surface area contributed by atoms with Gasteiger partial charge >= 0.3 is 5.97 Å². The highest BCUT2D eigenvalue weighted by atomic mass is 16.5. The van der Waals surface area contributed by atoms with Gasteiger partial charge in [0.15, 0.2) is 0 Å². The molecular formula is C36H50O4. The number of hydrogen-bond donors (Lipinski definition) is 2. The first-order chi connectivity index (χ1) is 18.9. The fourth-order valence-electron chi connectivity index (χ4n) is 5.61. The van der Waals surface area contributed by atoms with Crippen molar-refractivity contribution in [1.82, 2.24) is 0 Å². The van der Waals surface area contributed by atoms with Crippen molar-refractivity contribution in [1.29, 1.82) is 0 Å². The Hall–Kier alpha value is -2.95. The summed E-state index contributed by atoms with van der Waals surface area (Å²) in [6, 6.07) is 22.0. The molecule has 0 aliphatic rings. The van der Waals surface area contributed by atoms with Crippen molar-refractivity contribution in [2.75, 3.05) is 14.2 Å². The maximum Gasteiger partial charge on any atom is 0.309 e. The summed E-state index contributed by atoms with van der Waals surface area (Å²) >= 11 is 0. The van der Waals surface area contributed by atoms with E-state index in [-0.39, 0.29) is 29.3 Å². The molecule has 0 fully saturated rings. The molecule has 4 heteroatoms. The molecule has 0 bridgehead atoms. The van der Waals surface area contributed by atoms with Crippen LogP contribution in [-0.4, -0.2) is 36.5 Å². The van der Waals surface area contributed by atoms with Gasteiger partial charge in [-0.3, -0.25) is 4.79 Å². The molecule has 1 unspecified atom stereocenters. The Morgan fingerprint density at radius 3 is 2.00 bits per heavy atom. The highest BCUT2D eigenvalue weighted by Crippen LogP contribution is 2.41. The summed E-state index contributed by atoms with van der Waals surface area (Å²) in [7, 11) is 2.43. The van der Waals surface area contributed by atoms with Gasteiger partial charge in [-0.25, -0.2) is 0 Å². The van der Waals surface area contributed by atoms with E-state index >= 15 is 0 Å². The molecule has 3 aromatic carbocycles. The lowest BCUT2D eigenvalue weighted by Crippen LogP contribution is -2.27. The standard InChI is InChI=1S/C35H46O3.CH4O/c1-9-35(10-2,29-16-14-27(24(3)20-29)15-19-32(36)34(5,6)7)30-17-18-31(25(4)21-30)28-13-11-12-26(22-28)23-33(37)38-8;1-2/h11-14,16-18,20-22,32,36H,9-10,15,19,23H2,1-8H3;2H,1H3. The van der Waals surface area contributed by atoms with E-state index < -0.39 is 0 Å². The highest BCUT2D eigenvalue weighted by molar-refractivity contribution is 5.74. The van der Waals surface area contributed by atoms with Gasteiger partial charge in [0.1, 0.15) is 0 Å². The van der Waals surface area contributed by atoms with E-state index in [1.54, 1.807) is 0 Å². The smallest absolute Gasteiger partial charge is 0.309 e. The van der Waals surface area contributed by atoms with Crippen LogP contribution in [0.25, 0.3) is 11.1 Å². The lowest BCUT2D eigenvalue weighted by atomic mass is 9.69. The summed E-state index contributed by atoms with van der Waals surface area (Å²) in [5.74, 6) is -0.225. The third kappa shape index (κ3) is 7.83. The second-order valence-electron chi connectivity index (χ2n) is 11.8. The second-order valence-corrected chi connectivity index (χ2v) is 11.8. The normalized spacial score (nSPS) is 12.4. The van der Waals surface area contributed by atoms with Crippen molar-refractivity contribution >= 4 is 5.97 Å². The Bertz CT molecular complexity index is 1250. The summed E-state index contributed by atoms with van der Waals surface area (Å²) < 4.78 is 4.85. The van der Waals surface area contributed by atoms with Crippen LogP contribution in [0.15, 0.2) is 60.7 Å². The molecule has 0 aromatic heterocycles. The summed E-state index contributed by atoms with van der Waals surface area (Å²) in [5, 5.41) is 17.5. The molecule has 0 radical (unpaired) electrons. The average Bonchev–Trinajstić information content (AvgIpc) is 2.94. The van der Waals surface area contributed by atoms with Gasteiger partial charge in [0.05, 0.1) is 19.6 Å². The molecule has 1 atom stereocenters. The van der Waals surface area contributed by atoms with Crippen LogP contribution in [-0.2, 0) is 27.8 Å². The quantitative estimate of drug-likeness (QED) is 0.255. The summed E-state index contributed by atoms with van der Waals surface area (Å²) in [4.78, 5) is 11.8. The lowest BCUT2D eigenvalue weighted by Gasteiger charge is -2.34. The van der Waals surface area contributed by atoms with Crippen LogP contribution < -0.4 is 0 Å². The van der Waals surface area contributed by atoms with E-state index in [9.17, 15) is 9.90 Å². The van der Waals surface area contributed by atoms with Gasteiger partial charge in [-0.2, -0.15) is 0 Å². The van der Waals surface area contributed by atoms with Crippen LogP contribution in [0.3, 0.4) is 0 Å². The van der Waals surface area contributed by atoms with Crippen LogP contribution >= 0.6 is 0 Å². The van der Waals surface area contributed by atoms with Gasteiger partial charge in [-0.15, -0.1) is 0 Å². The van der Waals surface area contributed by atoms with Gasteiger partial charge in [-0.05, 0) is 89.5 Å². The number of esters is 1. The molecule has 3 rings (SSSR count). The number of aryl methyl sites for hydroxylation is 3. The number of aliphatic hydroxyl groups excluding tert-OH is 2. The van der Waals surface area contributed by atoms with Crippen molar-refractivity contribution < 1.29 is 19.7 Å². The molecule has 0 saturated carbocycles. The minimum atomic E-state index is -0.311. The summed E-state index contributed by atoms with van der Waals surface area (Å²) in [6.45, 7) is 15.2. The van der Waals surface area contributed by atoms with Crippen LogP contribution in [0, 0.1) is 19.3 Å². The van der Waals surface area contributed by atoms with Crippen molar-refractivity contribution in [3.63, 3.8) is 0 Å². The van der Waals surface area contributed by atoms with E-state index in [1.165, 1.54) is 40.5 Å². The second kappa shape index (κ2) is 14.6. The highest BCUT2D eigenvalue weighted by Gasteiger charge is 2.31. The van der Waals surface area contributed by atoms with Crippen molar-refractivity contribution in [2.45, 2.75) is 92.1 Å². The topological polar surface area (TPSA) is 66.8 Å². The van der Waals surface area contributed by atoms with Crippen molar-refractivity contribution in [3.05, 3.63) is 94.0 Å². The van der Waals surface area contributed by atoms with E-state index in [2.05, 4.69) is 97.0 Å². The molecule has 4 nitrogen and oxygen atoms in total. The van der Waals surface area contributed by atoms with Crippen molar-refractivity contribution in [3.8, 4) is 11.1 Å². The van der Waals surface area contributed by atoms with E-state index in [0.29, 0.717) is 0 Å². The third-order valence-corrected chi connectivity index (χ3v) is 8.38. The molecule has 0 aliphatic carbocycles. The van der Waals surface area contributed by atoms with Crippen LogP contribution in [0.1, 0.15) is 87.3 Å². The molecule has 0 amide bonds. The number of hydrogen-bond acceptors (Lipinski definition) is 4. The minimum Gasteiger partial charge on any atom is -0.469 e. The fourth-order valence-corrected chi connectivity index (χ4v) is 5.61. The Labute approximate surface area is 242 Å². The first kappa shape index (κ1) is 33.3. The molecule has 0 heterocycles. The van der Waals surface area contributed by atoms with Crippen LogP contribution in [0.2, 0.25) is 0 Å². The molecule has 218 valence electrons. The number of aliphatic hydroxyl groups is 2. The number of benzene rings is 3. The molecule has 2 N–H and O–H groups in total. The predicted octanol–water partition coefficient (Wildman–Crippen LogP) is 7.74. The van der Waals surface area contributed by atoms with Crippen LogP contribution in [0.4, 0.5) is 0 Å². The lowest BCUT2D eigenvalue weighted by molar-refractivity contribution is -0.139. The largest absolute Gasteiger partial charge is 0.469 e. The first-order valence-electron chi connectivity index (χ1n) is 14.4. The average molecular weight is 547 g/mol. The molecule has 0 aliphatic heterocycles. The summed E-state index contributed by atoms with van der Waals surface area (Å²) in [6.07, 6.45) is 3.66. The number of methoxy groups -OCH3 is 1. The SMILES string of the molecule is CCC(CC)(c1ccc(CCC(O)C(C)(C)C)c(C)c1)c1ccc(-c2cccc(CC(=O)OC)c2)c(C)c1.CO. The Morgan fingerprint density at radius 1 is 0.875 bits per heavy atom. The maximum absolute atomic E-state index is 11.8. The Morgan fingerprint density at radius 2 is 1.48 bits per heavy atom. The molecular weight excluding hydrogens is 496 g/mol. The zero-order chi connectivity index (χ0) is 30.1. The van der Waals surface area contributed by atoms with Crippen LogP contribution in [0.5, 0.6) is 0 Å². The number of carbonyl (C=O) groups is 1. The molecule has 3 aromatic rings. The fraction of sp³-hybridized carbons (Fsp3) is 0.472. The Balaban J connectivity index is 0.00000274. The minimum absolute atomic E-state index is 0.0652. The third-order valence-electron chi connectivity index (χ3n) is 8.38. The molecule has 0 spiro atoms. The maximum atomic E-state index is 11.8. The molecule has 40 heavy (non-hydrogen) atoms. The van der Waals surface area contributed by atoms with E-state index in [0.717, 1.165) is 43.9 Å². The van der Waals surface area contributed by atoms with Gasteiger partial charge in [0.25, 0.3) is 0 Å². The van der Waals surface area contributed by atoms with Gasteiger partial charge < -0.3 is 14.9 Å². The van der Waals surface area contributed by atoms with E-state index in [4.69, 9.17) is 9.84 Å². The number of carbonyl (C=O) groups excluding carboxylic acids is 1.